The van der Waals surface area contributed by atoms with E-state index in [0.29, 0.717) is 0 Å². The highest BCUT2D eigenvalue weighted by atomic mass is 16.5. The van der Waals surface area contributed by atoms with E-state index < -0.39 is 0 Å². The molecule has 3 nitrogen and oxygen atoms in total. The van der Waals surface area contributed by atoms with Crippen molar-refractivity contribution in [2.75, 3.05) is 40.4 Å². The summed E-state index contributed by atoms with van der Waals surface area (Å²) < 4.78 is 5.03. The van der Waals surface area contributed by atoms with Gasteiger partial charge in [0.25, 0.3) is 0 Å². The van der Waals surface area contributed by atoms with E-state index in [1.54, 1.807) is 7.11 Å². The van der Waals surface area contributed by atoms with Crippen LogP contribution in [-0.4, -0.2) is 51.3 Å². The van der Waals surface area contributed by atoms with Crippen molar-refractivity contribution >= 4 is 0 Å². The number of nitrogens with one attached hydrogen (secondary N) is 1. The number of methoxy groups -OCH3 is 1. The molecule has 0 radical (unpaired) electrons. The molecule has 0 atom stereocenters. The topological polar surface area (TPSA) is 24.5 Å². The second-order valence-electron chi connectivity index (χ2n) is 5.58. The first kappa shape index (κ1) is 15.9. The summed E-state index contributed by atoms with van der Waals surface area (Å²) >= 11 is 0. The molecule has 0 saturated heterocycles. The van der Waals surface area contributed by atoms with Gasteiger partial charge in [-0.25, -0.2) is 0 Å². The van der Waals surface area contributed by atoms with Gasteiger partial charge in [0, 0.05) is 19.8 Å². The number of nitrogens with zero attached hydrogens (tertiary/aromatic N) is 1. The zero-order chi connectivity index (χ0) is 13.1. The SMILES string of the molecule is COCCCCNCCCN(C)C1CCCCC1. The molecule has 0 heterocycles. The Bertz CT molecular complexity index is 181. The standard InChI is InChI=1S/C15H32N2O/c1-17(15-9-4-3-5-10-15)13-8-12-16-11-6-7-14-18-2/h15-16H,3-14H2,1-2H3. The molecule has 1 aliphatic rings. The number of hydrogen-bond acceptors (Lipinski definition) is 3. The third-order valence-corrected chi connectivity index (χ3v) is 4.01. The van der Waals surface area contributed by atoms with Crippen LogP contribution in [0.4, 0.5) is 0 Å². The van der Waals surface area contributed by atoms with E-state index in [9.17, 15) is 0 Å². The van der Waals surface area contributed by atoms with Crippen molar-refractivity contribution in [1.82, 2.24) is 10.2 Å². The Morgan fingerprint density at radius 3 is 2.50 bits per heavy atom. The lowest BCUT2D eigenvalue weighted by Gasteiger charge is -2.31. The molecule has 108 valence electrons. The van der Waals surface area contributed by atoms with E-state index in [4.69, 9.17) is 4.74 Å². The highest BCUT2D eigenvalue weighted by molar-refractivity contribution is 4.73. The largest absolute Gasteiger partial charge is 0.385 e. The highest BCUT2D eigenvalue weighted by Crippen LogP contribution is 2.21. The second kappa shape index (κ2) is 10.8. The molecule has 1 rings (SSSR count). The first-order valence-corrected chi connectivity index (χ1v) is 7.74. The fourth-order valence-corrected chi connectivity index (χ4v) is 2.78. The molecule has 1 aliphatic carbocycles. The minimum Gasteiger partial charge on any atom is -0.385 e. The predicted octanol–water partition coefficient (Wildman–Crippen LogP) is 2.66. The van der Waals surface area contributed by atoms with Crippen molar-refractivity contribution in [2.24, 2.45) is 0 Å². The molecule has 0 amide bonds. The van der Waals surface area contributed by atoms with Crippen LogP contribution in [-0.2, 0) is 4.74 Å². The summed E-state index contributed by atoms with van der Waals surface area (Å²) in [6.45, 7) is 4.43. The van der Waals surface area contributed by atoms with Crippen molar-refractivity contribution in [1.29, 1.82) is 0 Å². The normalized spacial score (nSPS) is 17.5. The van der Waals surface area contributed by atoms with Gasteiger partial charge >= 0.3 is 0 Å². The molecule has 0 unspecified atom stereocenters. The smallest absolute Gasteiger partial charge is 0.0462 e. The van der Waals surface area contributed by atoms with E-state index in [2.05, 4.69) is 17.3 Å². The van der Waals surface area contributed by atoms with E-state index in [1.165, 1.54) is 57.9 Å². The zero-order valence-electron chi connectivity index (χ0n) is 12.4. The van der Waals surface area contributed by atoms with E-state index in [-0.39, 0.29) is 0 Å². The number of hydrogen-bond donors (Lipinski definition) is 1. The van der Waals surface area contributed by atoms with Crippen LogP contribution in [0.25, 0.3) is 0 Å². The molecule has 0 bridgehead atoms. The molecule has 0 aromatic carbocycles. The molecular weight excluding hydrogens is 224 g/mol. The predicted molar refractivity (Wildman–Crippen MR) is 78.1 cm³/mol. The third-order valence-electron chi connectivity index (χ3n) is 4.01. The van der Waals surface area contributed by atoms with E-state index >= 15 is 0 Å². The average molecular weight is 256 g/mol. The number of rotatable bonds is 10. The van der Waals surface area contributed by atoms with Crippen molar-refractivity contribution < 1.29 is 4.74 Å². The summed E-state index contributed by atoms with van der Waals surface area (Å²) in [6, 6.07) is 0.862. The van der Waals surface area contributed by atoms with Crippen molar-refractivity contribution in [3.63, 3.8) is 0 Å². The maximum Gasteiger partial charge on any atom is 0.0462 e. The maximum atomic E-state index is 5.03. The molecule has 1 fully saturated rings. The molecule has 0 aromatic heterocycles. The van der Waals surface area contributed by atoms with Crippen LogP contribution >= 0.6 is 0 Å². The minimum atomic E-state index is 0.862. The van der Waals surface area contributed by atoms with Crippen LogP contribution in [0.3, 0.4) is 0 Å². The Morgan fingerprint density at radius 1 is 1.06 bits per heavy atom. The summed E-state index contributed by atoms with van der Waals surface area (Å²) in [4.78, 5) is 2.58. The molecular formula is C15H32N2O. The van der Waals surface area contributed by atoms with Crippen LogP contribution in [0.15, 0.2) is 0 Å². The van der Waals surface area contributed by atoms with Crippen LogP contribution in [0.2, 0.25) is 0 Å². The average Bonchev–Trinajstić information content (AvgIpc) is 2.42. The van der Waals surface area contributed by atoms with Gasteiger partial charge in [0.15, 0.2) is 0 Å². The number of ether oxygens (including phenoxy) is 1. The van der Waals surface area contributed by atoms with Crippen LogP contribution < -0.4 is 5.32 Å². The van der Waals surface area contributed by atoms with Gasteiger partial charge in [-0.3, -0.25) is 0 Å². The fraction of sp³-hybridized carbons (Fsp3) is 1.00. The second-order valence-corrected chi connectivity index (χ2v) is 5.58. The van der Waals surface area contributed by atoms with Gasteiger partial charge < -0.3 is 15.0 Å². The minimum absolute atomic E-state index is 0.862. The quantitative estimate of drug-likeness (QED) is 0.608. The monoisotopic (exact) mass is 256 g/mol. The van der Waals surface area contributed by atoms with Crippen molar-refractivity contribution in [3.05, 3.63) is 0 Å². The molecule has 0 spiro atoms. The number of unbranched alkanes of at least 4 members (excludes halogenated alkanes) is 1. The van der Waals surface area contributed by atoms with Crippen molar-refractivity contribution in [2.45, 2.75) is 57.4 Å². The fourth-order valence-electron chi connectivity index (χ4n) is 2.78. The Hall–Kier alpha value is -0.120. The van der Waals surface area contributed by atoms with Gasteiger partial charge in [-0.05, 0) is 58.8 Å². The summed E-state index contributed by atoms with van der Waals surface area (Å²) in [5.74, 6) is 0. The summed E-state index contributed by atoms with van der Waals surface area (Å²) in [7, 11) is 4.07. The van der Waals surface area contributed by atoms with Gasteiger partial charge in [0.2, 0.25) is 0 Å². The lowest BCUT2D eigenvalue weighted by molar-refractivity contribution is 0.188. The van der Waals surface area contributed by atoms with Gasteiger partial charge in [-0.2, -0.15) is 0 Å². The van der Waals surface area contributed by atoms with E-state index in [0.717, 1.165) is 25.7 Å². The first-order valence-electron chi connectivity index (χ1n) is 7.74. The molecule has 0 aliphatic heterocycles. The van der Waals surface area contributed by atoms with E-state index in [1.807, 2.05) is 0 Å². The lowest BCUT2D eigenvalue weighted by Crippen LogP contribution is -2.35. The lowest BCUT2D eigenvalue weighted by atomic mass is 9.94. The molecule has 18 heavy (non-hydrogen) atoms. The first-order chi connectivity index (χ1) is 8.84. The van der Waals surface area contributed by atoms with Gasteiger partial charge in [0.05, 0.1) is 0 Å². The summed E-state index contributed by atoms with van der Waals surface area (Å²) in [5.41, 5.74) is 0. The Balaban J connectivity index is 1.87. The van der Waals surface area contributed by atoms with Crippen molar-refractivity contribution in [3.8, 4) is 0 Å². The van der Waals surface area contributed by atoms with Gasteiger partial charge in [0.1, 0.15) is 0 Å². The summed E-state index contributed by atoms with van der Waals surface area (Å²) in [6.07, 6.45) is 10.8. The molecule has 0 aromatic rings. The maximum absolute atomic E-state index is 5.03. The van der Waals surface area contributed by atoms with Gasteiger partial charge in [-0.1, -0.05) is 19.3 Å². The van der Waals surface area contributed by atoms with Crippen LogP contribution in [0.1, 0.15) is 51.4 Å². The molecule has 1 N–H and O–H groups in total. The van der Waals surface area contributed by atoms with Crippen LogP contribution in [0.5, 0.6) is 0 Å². The third kappa shape index (κ3) is 7.34. The Kier molecular flexibility index (Phi) is 9.54. The highest BCUT2D eigenvalue weighted by Gasteiger charge is 2.16. The Morgan fingerprint density at radius 2 is 1.78 bits per heavy atom. The Labute approximate surface area is 113 Å². The zero-order valence-corrected chi connectivity index (χ0v) is 12.4. The van der Waals surface area contributed by atoms with Crippen LogP contribution in [0, 0.1) is 0 Å². The molecule has 3 heteroatoms. The van der Waals surface area contributed by atoms with Gasteiger partial charge in [-0.15, -0.1) is 0 Å². The molecule has 1 saturated carbocycles. The summed E-state index contributed by atoms with van der Waals surface area (Å²) in [5, 5.41) is 3.52.